The molecule has 0 N–H and O–H groups in total. The summed E-state index contributed by atoms with van der Waals surface area (Å²) in [5.74, 6) is 4.25. The van der Waals surface area contributed by atoms with Crippen LogP contribution in [-0.4, -0.2) is 47.5 Å². The molecule has 0 amide bonds. The van der Waals surface area contributed by atoms with Gasteiger partial charge in [0.1, 0.15) is 17.2 Å². The lowest BCUT2D eigenvalue weighted by atomic mass is 10.3. The first-order valence-electron chi connectivity index (χ1n) is 10.7. The molecule has 3 aromatic rings. The van der Waals surface area contributed by atoms with Crippen molar-refractivity contribution in [3.8, 4) is 17.2 Å². The van der Waals surface area contributed by atoms with E-state index in [9.17, 15) is 0 Å². The minimum Gasteiger partial charge on any atom is -0.467 e. The third kappa shape index (κ3) is 5.54. The van der Waals surface area contributed by atoms with Gasteiger partial charge in [-0.1, -0.05) is 73.0 Å². The molecule has 6 nitrogen and oxygen atoms in total. The second-order valence-corrected chi connectivity index (χ2v) is 10.4. The van der Waals surface area contributed by atoms with Crippen LogP contribution in [0.25, 0.3) is 0 Å². The standard InChI is InChI=1S/C27H31O6P/c1-5-18-34(25-15-9-6-12-22(25)31-19-28-2,26-16-10-7-13-23(26)32-20-29-3)27-17-11-8-14-24(27)33-21-30-4/h5-18H,1,19-21H2,2-4H3. The molecule has 34 heavy (non-hydrogen) atoms. The van der Waals surface area contributed by atoms with E-state index in [1.54, 1.807) is 21.3 Å². The van der Waals surface area contributed by atoms with Crippen LogP contribution in [-0.2, 0) is 14.2 Å². The van der Waals surface area contributed by atoms with Crippen molar-refractivity contribution < 1.29 is 28.4 Å². The lowest BCUT2D eigenvalue weighted by molar-refractivity contribution is 0.0518. The lowest BCUT2D eigenvalue weighted by Crippen LogP contribution is -2.30. The Morgan fingerprint density at radius 3 is 1.21 bits per heavy atom. The molecule has 0 unspecified atom stereocenters. The Kier molecular flexibility index (Phi) is 9.80. The molecule has 0 aromatic heterocycles. The average Bonchev–Trinajstić information content (AvgIpc) is 2.89. The zero-order valence-corrected chi connectivity index (χ0v) is 20.7. The van der Waals surface area contributed by atoms with Crippen molar-refractivity contribution in [3.05, 3.63) is 85.5 Å². The van der Waals surface area contributed by atoms with Crippen molar-refractivity contribution in [1.82, 2.24) is 0 Å². The Morgan fingerprint density at radius 2 is 0.912 bits per heavy atom. The predicted molar refractivity (Wildman–Crippen MR) is 139 cm³/mol. The van der Waals surface area contributed by atoms with E-state index in [0.717, 1.165) is 15.9 Å². The topological polar surface area (TPSA) is 55.4 Å². The molecule has 180 valence electrons. The highest BCUT2D eigenvalue weighted by Gasteiger charge is 2.33. The Bertz CT molecular complexity index is 995. The molecule has 0 heterocycles. The van der Waals surface area contributed by atoms with Gasteiger partial charge in [-0.15, -0.1) is 0 Å². The van der Waals surface area contributed by atoms with E-state index in [0.29, 0.717) is 17.2 Å². The van der Waals surface area contributed by atoms with Crippen molar-refractivity contribution in [2.24, 2.45) is 0 Å². The van der Waals surface area contributed by atoms with Gasteiger partial charge in [0, 0.05) is 37.2 Å². The maximum atomic E-state index is 6.04. The fourth-order valence-electron chi connectivity index (χ4n) is 3.77. The van der Waals surface area contributed by atoms with Crippen LogP contribution in [0.15, 0.2) is 85.5 Å². The van der Waals surface area contributed by atoms with E-state index in [1.165, 1.54) is 0 Å². The molecule has 0 fully saturated rings. The second-order valence-electron chi connectivity index (χ2n) is 7.16. The maximum absolute atomic E-state index is 6.04. The number of methoxy groups -OCH3 is 3. The molecule has 0 atom stereocenters. The molecule has 3 rings (SSSR count). The third-order valence-electron chi connectivity index (χ3n) is 5.06. The quantitative estimate of drug-likeness (QED) is 0.272. The molecule has 0 radical (unpaired) electrons. The van der Waals surface area contributed by atoms with Crippen LogP contribution < -0.4 is 30.1 Å². The number of allylic oxidation sites excluding steroid dienone is 1. The van der Waals surface area contributed by atoms with Crippen LogP contribution in [0.3, 0.4) is 0 Å². The lowest BCUT2D eigenvalue weighted by Gasteiger charge is -2.32. The second kappa shape index (κ2) is 13.0. The highest BCUT2D eigenvalue weighted by Crippen LogP contribution is 2.50. The third-order valence-corrected chi connectivity index (χ3v) is 9.11. The van der Waals surface area contributed by atoms with Gasteiger partial charge in [-0.25, -0.2) is 0 Å². The first kappa shape index (κ1) is 25.6. The van der Waals surface area contributed by atoms with E-state index in [1.807, 2.05) is 60.7 Å². The normalized spacial score (nSPS) is 11.0. The predicted octanol–water partition coefficient (Wildman–Crippen LogP) is 3.92. The minimum atomic E-state index is -2.57. The molecular formula is C27H31O6P. The molecule has 0 aliphatic heterocycles. The zero-order chi connectivity index (χ0) is 24.2. The van der Waals surface area contributed by atoms with E-state index >= 15 is 0 Å². The van der Waals surface area contributed by atoms with Crippen molar-refractivity contribution in [2.45, 2.75) is 0 Å². The Hall–Kier alpha value is -3.02. The van der Waals surface area contributed by atoms with E-state index in [-0.39, 0.29) is 20.4 Å². The van der Waals surface area contributed by atoms with Crippen LogP contribution in [0, 0.1) is 0 Å². The Balaban J connectivity index is 2.43. The van der Waals surface area contributed by atoms with Crippen molar-refractivity contribution in [2.75, 3.05) is 41.7 Å². The largest absolute Gasteiger partial charge is 0.467 e. The first-order chi connectivity index (χ1) is 16.7. The molecule has 0 aliphatic rings. The SMILES string of the molecule is C=CC=P(c1ccccc1OCOC)(c1ccccc1OCOC)c1ccccc1OCOC. The fourth-order valence-corrected chi connectivity index (χ4v) is 7.77. The molecule has 0 spiro atoms. The minimum absolute atomic E-state index is 0.120. The van der Waals surface area contributed by atoms with Gasteiger partial charge in [0.25, 0.3) is 0 Å². The summed E-state index contributed by atoms with van der Waals surface area (Å²) in [5, 5.41) is 2.94. The van der Waals surface area contributed by atoms with Crippen molar-refractivity contribution in [1.29, 1.82) is 0 Å². The molecule has 0 saturated carbocycles. The van der Waals surface area contributed by atoms with E-state index in [2.05, 4.69) is 30.6 Å². The van der Waals surface area contributed by atoms with Gasteiger partial charge < -0.3 is 28.4 Å². The van der Waals surface area contributed by atoms with Gasteiger partial charge in [-0.05, 0) is 25.1 Å². The smallest absolute Gasteiger partial charge is 0.188 e. The van der Waals surface area contributed by atoms with Crippen molar-refractivity contribution >= 4 is 28.6 Å². The first-order valence-corrected chi connectivity index (χ1v) is 12.6. The van der Waals surface area contributed by atoms with E-state index in [4.69, 9.17) is 28.4 Å². The summed E-state index contributed by atoms with van der Waals surface area (Å²) in [6.45, 7) is 1.86. The molecule has 0 aliphatic carbocycles. The number of para-hydroxylation sites is 3. The fraction of sp³-hybridized carbons (Fsp3) is 0.222. The van der Waals surface area contributed by atoms with Gasteiger partial charge in [0.2, 0.25) is 0 Å². The number of rotatable bonds is 13. The van der Waals surface area contributed by atoms with Crippen LogP contribution in [0.2, 0.25) is 0 Å². The highest BCUT2D eigenvalue weighted by atomic mass is 31.2. The molecule has 3 aromatic carbocycles. The number of benzene rings is 3. The van der Waals surface area contributed by atoms with Crippen LogP contribution in [0.1, 0.15) is 0 Å². The summed E-state index contributed by atoms with van der Waals surface area (Å²) in [4.78, 5) is 0. The molecule has 7 heteroatoms. The summed E-state index contributed by atoms with van der Waals surface area (Å²) in [5.41, 5.74) is 0. The van der Waals surface area contributed by atoms with Gasteiger partial charge >= 0.3 is 0 Å². The van der Waals surface area contributed by atoms with Gasteiger partial charge in [0.15, 0.2) is 20.4 Å². The van der Waals surface area contributed by atoms with Crippen molar-refractivity contribution in [3.63, 3.8) is 0 Å². The number of hydrogen-bond donors (Lipinski definition) is 0. The number of hydrogen-bond acceptors (Lipinski definition) is 6. The summed E-state index contributed by atoms with van der Waals surface area (Å²) in [6, 6.07) is 23.9. The Morgan fingerprint density at radius 1 is 0.588 bits per heavy atom. The summed E-state index contributed by atoms with van der Waals surface area (Å²) in [7, 11) is 4.80. The molecule has 0 saturated heterocycles. The van der Waals surface area contributed by atoms with Gasteiger partial charge in [-0.2, -0.15) is 0 Å². The highest BCUT2D eigenvalue weighted by molar-refractivity contribution is 7.95. The summed E-state index contributed by atoms with van der Waals surface area (Å²) >= 11 is 0. The maximum Gasteiger partial charge on any atom is 0.188 e. The monoisotopic (exact) mass is 482 g/mol. The average molecular weight is 483 g/mol. The van der Waals surface area contributed by atoms with Gasteiger partial charge in [0.05, 0.1) is 0 Å². The van der Waals surface area contributed by atoms with Crippen LogP contribution in [0.5, 0.6) is 17.2 Å². The van der Waals surface area contributed by atoms with Crippen LogP contribution in [0.4, 0.5) is 0 Å². The van der Waals surface area contributed by atoms with Crippen LogP contribution >= 0.6 is 6.89 Å². The summed E-state index contributed by atoms with van der Waals surface area (Å²) < 4.78 is 33.8. The molecule has 0 bridgehead atoms. The Labute approximate surface area is 201 Å². The zero-order valence-electron chi connectivity index (χ0n) is 19.8. The number of ether oxygens (including phenoxy) is 6. The van der Waals surface area contributed by atoms with E-state index < -0.39 is 6.89 Å². The van der Waals surface area contributed by atoms with Gasteiger partial charge in [-0.3, -0.25) is 0 Å². The summed E-state index contributed by atoms with van der Waals surface area (Å²) in [6.07, 6.45) is 1.82. The molecular weight excluding hydrogens is 451 g/mol.